The van der Waals surface area contributed by atoms with Crippen LogP contribution in [0.2, 0.25) is 0 Å². The van der Waals surface area contributed by atoms with Gasteiger partial charge in [-0.25, -0.2) is 4.39 Å². The smallest absolute Gasteiger partial charge is 0.309 e. The third kappa shape index (κ3) is 4.13. The number of halogens is 1. The van der Waals surface area contributed by atoms with Crippen molar-refractivity contribution >= 4 is 17.3 Å². The molecule has 4 nitrogen and oxygen atoms in total. The quantitative estimate of drug-likeness (QED) is 0.464. The lowest BCUT2D eigenvalue weighted by atomic mass is 9.54. The van der Waals surface area contributed by atoms with Crippen LogP contribution >= 0.6 is 0 Å². The fourth-order valence-electron chi connectivity index (χ4n) is 7.01. The highest BCUT2D eigenvalue weighted by Gasteiger charge is 2.52. The molecule has 1 fully saturated rings. The average Bonchev–Trinajstić information content (AvgIpc) is 3.19. The number of pyridine rings is 1. The number of carbonyl (C=O) groups excluding carboxylic acids is 1. The molecule has 4 atom stereocenters. The number of hydrogen-bond acceptors (Lipinski definition) is 3. The van der Waals surface area contributed by atoms with Gasteiger partial charge in [-0.15, -0.1) is 0 Å². The summed E-state index contributed by atoms with van der Waals surface area (Å²) in [4.78, 5) is 28.3. The number of carbonyl (C=O) groups is 2. The summed E-state index contributed by atoms with van der Waals surface area (Å²) in [5.41, 5.74) is 4.67. The Morgan fingerprint density at radius 1 is 1.20 bits per heavy atom. The van der Waals surface area contributed by atoms with Gasteiger partial charge in [-0.05, 0) is 110 Å². The molecule has 1 aromatic carbocycles. The molecule has 35 heavy (non-hydrogen) atoms. The molecule has 0 saturated heterocycles. The Balaban J connectivity index is 1.33. The van der Waals surface area contributed by atoms with Gasteiger partial charge in [-0.1, -0.05) is 25.1 Å². The van der Waals surface area contributed by atoms with Crippen LogP contribution < -0.4 is 0 Å². The average molecular weight is 476 g/mol. The second kappa shape index (κ2) is 8.69. The Morgan fingerprint density at radius 3 is 2.74 bits per heavy atom. The molecule has 2 aromatic rings. The highest BCUT2D eigenvalue weighted by molar-refractivity contribution is 5.96. The Labute approximate surface area is 206 Å². The Morgan fingerprint density at radius 2 is 2.00 bits per heavy atom. The molecule has 0 unspecified atom stereocenters. The Kier molecular flexibility index (Phi) is 5.93. The van der Waals surface area contributed by atoms with Gasteiger partial charge in [-0.3, -0.25) is 14.6 Å². The van der Waals surface area contributed by atoms with Crippen LogP contribution in [-0.2, 0) is 11.2 Å². The van der Waals surface area contributed by atoms with Crippen LogP contribution in [0.15, 0.2) is 42.7 Å². The molecule has 0 radical (unpaired) electrons. The molecule has 1 heterocycles. The van der Waals surface area contributed by atoms with Gasteiger partial charge in [0.15, 0.2) is 5.78 Å². The van der Waals surface area contributed by atoms with Crippen molar-refractivity contribution in [2.24, 2.45) is 22.7 Å². The largest absolute Gasteiger partial charge is 0.481 e. The maximum absolute atomic E-state index is 13.9. The van der Waals surface area contributed by atoms with Crippen molar-refractivity contribution in [3.8, 4) is 0 Å². The Bertz CT molecular complexity index is 1220. The summed E-state index contributed by atoms with van der Waals surface area (Å²) in [7, 11) is 0. The first kappa shape index (κ1) is 23.9. The van der Waals surface area contributed by atoms with E-state index in [0.29, 0.717) is 29.7 Å². The zero-order valence-corrected chi connectivity index (χ0v) is 20.8. The molecule has 3 aliphatic carbocycles. The molecule has 5 rings (SSSR count). The molecule has 1 saturated carbocycles. The van der Waals surface area contributed by atoms with Gasteiger partial charge in [0.25, 0.3) is 0 Å². The van der Waals surface area contributed by atoms with Crippen molar-refractivity contribution in [1.82, 2.24) is 4.98 Å². The summed E-state index contributed by atoms with van der Waals surface area (Å²) in [6, 6.07) is 7.78. The first-order chi connectivity index (χ1) is 16.6. The summed E-state index contributed by atoms with van der Waals surface area (Å²) in [5.74, 6) is 0.470. The molecule has 5 heteroatoms. The minimum atomic E-state index is -0.901. The number of aryl methyl sites for hydroxylation is 1. The summed E-state index contributed by atoms with van der Waals surface area (Å²) < 4.78 is 13.9. The van der Waals surface area contributed by atoms with E-state index in [2.05, 4.69) is 30.1 Å². The summed E-state index contributed by atoms with van der Waals surface area (Å²) in [6.07, 6.45) is 11.2. The second-order valence-electron chi connectivity index (χ2n) is 11.6. The van der Waals surface area contributed by atoms with Gasteiger partial charge in [0.1, 0.15) is 5.82 Å². The van der Waals surface area contributed by atoms with E-state index in [1.54, 1.807) is 26.1 Å². The summed E-state index contributed by atoms with van der Waals surface area (Å²) >= 11 is 0. The van der Waals surface area contributed by atoms with Crippen molar-refractivity contribution in [1.29, 1.82) is 0 Å². The normalized spacial score (nSPS) is 27.4. The van der Waals surface area contributed by atoms with Gasteiger partial charge in [0.2, 0.25) is 0 Å². The van der Waals surface area contributed by atoms with Crippen molar-refractivity contribution in [2.75, 3.05) is 0 Å². The fraction of sp³-hybridized carbons (Fsp3) is 0.500. The first-order valence-corrected chi connectivity index (χ1v) is 12.8. The summed E-state index contributed by atoms with van der Waals surface area (Å²) in [5, 5.41) is 9.33. The highest BCUT2D eigenvalue weighted by atomic mass is 19.1. The highest BCUT2D eigenvalue weighted by Crippen LogP contribution is 2.63. The van der Waals surface area contributed by atoms with E-state index in [9.17, 15) is 19.1 Å². The number of ketones is 1. The maximum Gasteiger partial charge on any atom is 0.309 e. The zero-order valence-electron chi connectivity index (χ0n) is 20.8. The van der Waals surface area contributed by atoms with E-state index >= 15 is 0 Å². The molecular weight excluding hydrogens is 441 g/mol. The molecule has 0 aliphatic heterocycles. The van der Waals surface area contributed by atoms with Crippen molar-refractivity contribution < 1.29 is 19.1 Å². The molecule has 0 bridgehead atoms. The molecule has 0 spiro atoms. The molecule has 184 valence electrons. The van der Waals surface area contributed by atoms with E-state index in [-0.39, 0.29) is 23.4 Å². The Hall–Kier alpha value is -2.82. The zero-order chi connectivity index (χ0) is 25.0. The van der Waals surface area contributed by atoms with E-state index in [4.69, 9.17) is 0 Å². The number of aliphatic carboxylic acids is 1. The lowest BCUT2D eigenvalue weighted by Gasteiger charge is -2.50. The van der Waals surface area contributed by atoms with Gasteiger partial charge in [0, 0.05) is 18.2 Å². The number of aromatic nitrogens is 1. The number of Topliss-reactive ketones (excluding diaryl/α,β-unsaturated/α-hetero) is 1. The first-order valence-electron chi connectivity index (χ1n) is 12.8. The predicted octanol–water partition coefficient (Wildman–Crippen LogP) is 6.84. The van der Waals surface area contributed by atoms with Crippen LogP contribution in [0, 0.1) is 28.5 Å². The minimum Gasteiger partial charge on any atom is -0.481 e. The second-order valence-corrected chi connectivity index (χ2v) is 11.6. The van der Waals surface area contributed by atoms with Gasteiger partial charge >= 0.3 is 5.97 Å². The number of allylic oxidation sites excluding steroid dienone is 2. The van der Waals surface area contributed by atoms with Gasteiger partial charge < -0.3 is 5.11 Å². The number of benzene rings is 1. The minimum absolute atomic E-state index is 0.0220. The number of hydrogen-bond donors (Lipinski definition) is 1. The third-order valence-electron chi connectivity index (χ3n) is 9.20. The lowest BCUT2D eigenvalue weighted by molar-refractivity contribution is -0.147. The maximum atomic E-state index is 13.9. The summed E-state index contributed by atoms with van der Waals surface area (Å²) in [6.45, 7) is 5.69. The number of fused-ring (bicyclic) bond motifs is 5. The SMILES string of the molecule is CC(C)(CCC(=O)c1ccc2c(c1)CC[C@@H]1[C@@H]2CC[C@]2(C)C(c3cncc(F)c3)=CC[C@@H]12)C(=O)O. The van der Waals surface area contributed by atoms with Crippen LogP contribution in [0.25, 0.3) is 5.57 Å². The fourth-order valence-corrected chi connectivity index (χ4v) is 7.01. The van der Waals surface area contributed by atoms with Crippen molar-refractivity contribution in [3.63, 3.8) is 0 Å². The number of carboxylic acids is 1. The van der Waals surface area contributed by atoms with Crippen LogP contribution in [0.1, 0.15) is 92.3 Å². The molecular formula is C30H34FNO3. The van der Waals surface area contributed by atoms with Gasteiger partial charge in [0.05, 0.1) is 11.6 Å². The standard InChI is InChI=1S/C30H34FNO3/c1-29(2,28(34)35)12-11-27(33)19-5-6-22-18(14-19)4-7-24-23(22)10-13-30(3)25(8-9-26(24)30)20-15-21(31)17-32-16-20/h5-6,8,14-17,23-24,26H,4,7,9-13H2,1-3H3,(H,34,35)/t23-,24-,26+,30-/m1/s1. The van der Waals surface area contributed by atoms with Crippen LogP contribution in [0.5, 0.6) is 0 Å². The molecule has 0 amide bonds. The van der Waals surface area contributed by atoms with Crippen LogP contribution in [0.3, 0.4) is 0 Å². The third-order valence-corrected chi connectivity index (χ3v) is 9.20. The van der Waals surface area contributed by atoms with E-state index in [1.165, 1.54) is 22.9 Å². The number of carboxylic acid groups (broad SMARTS) is 1. The number of nitrogens with zero attached hydrogens (tertiary/aromatic N) is 1. The number of rotatable bonds is 6. The van der Waals surface area contributed by atoms with Crippen molar-refractivity contribution in [3.05, 3.63) is 70.8 Å². The van der Waals surface area contributed by atoms with Crippen molar-refractivity contribution in [2.45, 2.75) is 71.6 Å². The van der Waals surface area contributed by atoms with E-state index in [1.807, 2.05) is 6.07 Å². The van der Waals surface area contributed by atoms with Crippen LogP contribution in [-0.4, -0.2) is 21.8 Å². The molecule has 3 aliphatic rings. The molecule has 1 aromatic heterocycles. The predicted molar refractivity (Wildman–Crippen MR) is 134 cm³/mol. The van der Waals surface area contributed by atoms with E-state index in [0.717, 1.165) is 37.7 Å². The topological polar surface area (TPSA) is 67.3 Å². The molecule has 1 N–H and O–H groups in total. The van der Waals surface area contributed by atoms with Crippen LogP contribution in [0.4, 0.5) is 4.39 Å². The van der Waals surface area contributed by atoms with E-state index < -0.39 is 11.4 Å². The monoisotopic (exact) mass is 475 g/mol. The van der Waals surface area contributed by atoms with Gasteiger partial charge in [-0.2, -0.15) is 0 Å². The lowest BCUT2D eigenvalue weighted by Crippen LogP contribution is -2.41.